The number of rotatable bonds is 12. The van der Waals surface area contributed by atoms with Crippen LogP contribution in [0.3, 0.4) is 0 Å². The number of pyridine rings is 1. The van der Waals surface area contributed by atoms with E-state index in [4.69, 9.17) is 4.74 Å². The molecule has 1 aromatic heterocycles. The Balaban J connectivity index is 1.65. The van der Waals surface area contributed by atoms with Crippen LogP contribution in [0.25, 0.3) is 0 Å². The second-order valence-corrected chi connectivity index (χ2v) is 6.97. The van der Waals surface area contributed by atoms with Gasteiger partial charge in [0.1, 0.15) is 11.6 Å². The normalized spacial score (nSPS) is 10.6. The van der Waals surface area contributed by atoms with Crippen LogP contribution >= 0.6 is 0 Å². The summed E-state index contributed by atoms with van der Waals surface area (Å²) in [6.45, 7) is 4.87. The third-order valence-electron chi connectivity index (χ3n) is 4.51. The maximum absolute atomic E-state index is 12.3. The number of nitrogens with zero attached hydrogens (tertiary/aromatic N) is 1. The van der Waals surface area contributed by atoms with Gasteiger partial charge in [-0.25, -0.2) is 4.98 Å². The Bertz CT molecular complexity index is 683. The van der Waals surface area contributed by atoms with E-state index in [-0.39, 0.29) is 5.91 Å². The van der Waals surface area contributed by atoms with E-state index in [1.807, 2.05) is 31.2 Å². The number of carbonyl (C=O) groups excluding carboxylic acids is 1. The smallest absolute Gasteiger partial charge is 0.256 e. The zero-order chi connectivity index (χ0) is 19.3. The van der Waals surface area contributed by atoms with Gasteiger partial charge in [0.2, 0.25) is 0 Å². The van der Waals surface area contributed by atoms with E-state index >= 15 is 0 Å². The molecule has 1 N–H and O–H groups in total. The minimum Gasteiger partial charge on any atom is -0.494 e. The summed E-state index contributed by atoms with van der Waals surface area (Å²) in [7, 11) is 0. The Morgan fingerprint density at radius 2 is 1.59 bits per heavy atom. The molecular formula is C23H32N2O2. The first-order chi connectivity index (χ1) is 13.2. The molecule has 27 heavy (non-hydrogen) atoms. The van der Waals surface area contributed by atoms with E-state index in [1.165, 1.54) is 44.9 Å². The van der Waals surface area contributed by atoms with Crippen molar-refractivity contribution in [2.75, 3.05) is 11.9 Å². The molecule has 0 spiro atoms. The van der Waals surface area contributed by atoms with Crippen molar-refractivity contribution in [3.8, 4) is 5.75 Å². The summed E-state index contributed by atoms with van der Waals surface area (Å²) >= 11 is 0. The van der Waals surface area contributed by atoms with Crippen LogP contribution in [0.1, 0.15) is 74.3 Å². The second kappa shape index (κ2) is 12.1. The molecule has 0 aliphatic carbocycles. The number of amides is 1. The van der Waals surface area contributed by atoms with E-state index in [0.29, 0.717) is 11.4 Å². The summed E-state index contributed by atoms with van der Waals surface area (Å²) in [4.78, 5) is 16.6. The predicted octanol–water partition coefficient (Wildman–Crippen LogP) is 6.16. The number of aryl methyl sites for hydroxylation is 1. The molecule has 146 valence electrons. The van der Waals surface area contributed by atoms with Gasteiger partial charge in [0, 0.05) is 11.3 Å². The zero-order valence-corrected chi connectivity index (χ0v) is 16.7. The minimum atomic E-state index is -0.164. The highest BCUT2D eigenvalue weighted by molar-refractivity contribution is 6.03. The Morgan fingerprint density at radius 1 is 0.926 bits per heavy atom. The quantitative estimate of drug-likeness (QED) is 0.456. The first-order valence-corrected chi connectivity index (χ1v) is 10.2. The number of hydrogen-bond donors (Lipinski definition) is 1. The van der Waals surface area contributed by atoms with Crippen molar-refractivity contribution in [3.63, 3.8) is 0 Å². The molecule has 4 heteroatoms. The van der Waals surface area contributed by atoms with Crippen LogP contribution in [-0.4, -0.2) is 17.5 Å². The summed E-state index contributed by atoms with van der Waals surface area (Å²) in [6.07, 6.45) is 10.3. The number of hydrogen-bond acceptors (Lipinski definition) is 3. The Kier molecular flexibility index (Phi) is 9.39. The first-order valence-electron chi connectivity index (χ1n) is 10.2. The molecule has 2 rings (SSSR count). The van der Waals surface area contributed by atoms with Gasteiger partial charge in [-0.2, -0.15) is 0 Å². The lowest BCUT2D eigenvalue weighted by Gasteiger charge is -2.08. The lowest BCUT2D eigenvalue weighted by Crippen LogP contribution is -2.13. The van der Waals surface area contributed by atoms with Gasteiger partial charge in [0.05, 0.1) is 6.61 Å². The van der Waals surface area contributed by atoms with Crippen molar-refractivity contribution >= 4 is 11.7 Å². The molecule has 0 aliphatic rings. The van der Waals surface area contributed by atoms with E-state index in [0.717, 1.165) is 24.5 Å². The largest absolute Gasteiger partial charge is 0.494 e. The maximum atomic E-state index is 12.3. The van der Waals surface area contributed by atoms with Gasteiger partial charge in [0.15, 0.2) is 0 Å². The molecule has 0 radical (unpaired) electrons. The molecular weight excluding hydrogens is 336 g/mol. The molecule has 0 unspecified atom stereocenters. The number of unbranched alkanes of at least 4 members (excludes halogenated alkanes) is 7. The summed E-state index contributed by atoms with van der Waals surface area (Å²) in [5.41, 5.74) is 1.47. The van der Waals surface area contributed by atoms with Crippen LogP contribution in [0, 0.1) is 6.92 Å². The first kappa shape index (κ1) is 20.9. The van der Waals surface area contributed by atoms with Gasteiger partial charge in [0.25, 0.3) is 5.91 Å². The van der Waals surface area contributed by atoms with Crippen molar-refractivity contribution < 1.29 is 9.53 Å². The fourth-order valence-electron chi connectivity index (χ4n) is 2.93. The minimum absolute atomic E-state index is 0.164. The van der Waals surface area contributed by atoms with Gasteiger partial charge < -0.3 is 10.1 Å². The average Bonchev–Trinajstić information content (AvgIpc) is 2.67. The highest BCUT2D eigenvalue weighted by Crippen LogP contribution is 2.15. The van der Waals surface area contributed by atoms with Crippen molar-refractivity contribution in [3.05, 3.63) is 53.7 Å². The Labute approximate surface area is 163 Å². The number of benzene rings is 1. The number of ether oxygens (including phenoxy) is 1. The summed E-state index contributed by atoms with van der Waals surface area (Å²) in [5, 5.41) is 2.81. The predicted molar refractivity (Wildman–Crippen MR) is 111 cm³/mol. The van der Waals surface area contributed by atoms with Crippen LogP contribution in [0.15, 0.2) is 42.5 Å². The van der Waals surface area contributed by atoms with Crippen molar-refractivity contribution in [2.24, 2.45) is 0 Å². The fraction of sp³-hybridized carbons (Fsp3) is 0.478. The molecule has 0 aliphatic heterocycles. The van der Waals surface area contributed by atoms with Gasteiger partial charge in [-0.05, 0) is 49.7 Å². The fourth-order valence-corrected chi connectivity index (χ4v) is 2.93. The molecule has 1 heterocycles. The molecule has 0 saturated carbocycles. The highest BCUT2D eigenvalue weighted by Gasteiger charge is 2.07. The van der Waals surface area contributed by atoms with Gasteiger partial charge in [-0.15, -0.1) is 0 Å². The lowest BCUT2D eigenvalue weighted by molar-refractivity contribution is 0.102. The molecule has 4 nitrogen and oxygen atoms in total. The molecule has 0 bridgehead atoms. The Morgan fingerprint density at radius 3 is 2.26 bits per heavy atom. The second-order valence-electron chi connectivity index (χ2n) is 6.97. The summed E-state index contributed by atoms with van der Waals surface area (Å²) in [6, 6.07) is 12.8. The van der Waals surface area contributed by atoms with Crippen molar-refractivity contribution in [2.45, 2.75) is 65.2 Å². The van der Waals surface area contributed by atoms with E-state index < -0.39 is 0 Å². The van der Waals surface area contributed by atoms with Crippen LogP contribution < -0.4 is 10.1 Å². The zero-order valence-electron chi connectivity index (χ0n) is 16.7. The van der Waals surface area contributed by atoms with Crippen LogP contribution in [0.2, 0.25) is 0 Å². The standard InChI is InChI=1S/C23H32N2O2/c1-3-4-5-6-7-8-9-10-18-27-21-16-14-20(15-17-21)23(26)25-22-13-11-12-19(2)24-22/h11-17H,3-10,18H2,1-2H3,(H,24,25,26). The van der Waals surface area contributed by atoms with E-state index in [2.05, 4.69) is 17.2 Å². The SMILES string of the molecule is CCCCCCCCCCOc1ccc(C(=O)Nc2cccc(C)n2)cc1. The average molecular weight is 369 g/mol. The molecule has 1 aromatic carbocycles. The summed E-state index contributed by atoms with van der Waals surface area (Å²) in [5.74, 6) is 1.21. The molecule has 0 atom stereocenters. The molecule has 0 saturated heterocycles. The lowest BCUT2D eigenvalue weighted by atomic mass is 10.1. The number of anilines is 1. The van der Waals surface area contributed by atoms with E-state index in [1.54, 1.807) is 18.2 Å². The maximum Gasteiger partial charge on any atom is 0.256 e. The molecule has 1 amide bonds. The Hall–Kier alpha value is -2.36. The molecule has 2 aromatic rings. The summed E-state index contributed by atoms with van der Waals surface area (Å²) < 4.78 is 5.78. The van der Waals surface area contributed by atoms with Crippen molar-refractivity contribution in [1.29, 1.82) is 0 Å². The van der Waals surface area contributed by atoms with E-state index in [9.17, 15) is 4.79 Å². The number of aromatic nitrogens is 1. The van der Waals surface area contributed by atoms with Gasteiger partial charge in [-0.1, -0.05) is 57.9 Å². The highest BCUT2D eigenvalue weighted by atomic mass is 16.5. The topological polar surface area (TPSA) is 51.2 Å². The van der Waals surface area contributed by atoms with Crippen molar-refractivity contribution in [1.82, 2.24) is 4.98 Å². The van der Waals surface area contributed by atoms with Crippen LogP contribution in [0.5, 0.6) is 5.75 Å². The van der Waals surface area contributed by atoms with Crippen LogP contribution in [0.4, 0.5) is 5.82 Å². The molecule has 0 fully saturated rings. The third-order valence-corrected chi connectivity index (χ3v) is 4.51. The number of carbonyl (C=O) groups is 1. The van der Waals surface area contributed by atoms with Gasteiger partial charge in [-0.3, -0.25) is 4.79 Å². The van der Waals surface area contributed by atoms with Crippen LogP contribution in [-0.2, 0) is 0 Å². The number of nitrogens with one attached hydrogen (secondary N) is 1. The van der Waals surface area contributed by atoms with Gasteiger partial charge >= 0.3 is 0 Å². The third kappa shape index (κ3) is 8.25. The monoisotopic (exact) mass is 368 g/mol.